The molecule has 0 saturated carbocycles. The first kappa shape index (κ1) is 22.9. The Morgan fingerprint density at radius 2 is 2.00 bits per heavy atom. The van der Waals surface area contributed by atoms with Crippen molar-refractivity contribution in [1.29, 1.82) is 0 Å². The lowest BCUT2D eigenvalue weighted by atomic mass is 10.1. The van der Waals surface area contributed by atoms with Crippen molar-refractivity contribution in [1.82, 2.24) is 10.1 Å². The van der Waals surface area contributed by atoms with Gasteiger partial charge in [0.2, 0.25) is 11.8 Å². The molecule has 1 amide bonds. The SMILES string of the molecule is CCCc1noc(CCCC(=O)Nc2cc(CN)cc(C(F)(F)F)c2)n1.Cl. The summed E-state index contributed by atoms with van der Waals surface area (Å²) in [4.78, 5) is 16.2. The van der Waals surface area contributed by atoms with E-state index in [4.69, 9.17) is 10.3 Å². The summed E-state index contributed by atoms with van der Waals surface area (Å²) in [6.45, 7) is 1.95. The minimum atomic E-state index is -4.50. The van der Waals surface area contributed by atoms with Gasteiger partial charge < -0.3 is 15.6 Å². The smallest absolute Gasteiger partial charge is 0.339 e. The minimum Gasteiger partial charge on any atom is -0.339 e. The predicted molar refractivity (Wildman–Crippen MR) is 96.4 cm³/mol. The molecule has 150 valence electrons. The van der Waals surface area contributed by atoms with E-state index in [1.165, 1.54) is 6.07 Å². The largest absolute Gasteiger partial charge is 0.416 e. The van der Waals surface area contributed by atoms with Crippen molar-refractivity contribution in [2.75, 3.05) is 5.32 Å². The highest BCUT2D eigenvalue weighted by molar-refractivity contribution is 5.90. The number of hydrogen-bond acceptors (Lipinski definition) is 5. The van der Waals surface area contributed by atoms with Crippen LogP contribution in [0, 0.1) is 0 Å². The first-order valence-electron chi connectivity index (χ1n) is 8.34. The molecule has 27 heavy (non-hydrogen) atoms. The maximum absolute atomic E-state index is 12.9. The molecule has 0 bridgehead atoms. The Bertz CT molecular complexity index is 750. The fraction of sp³-hybridized carbons (Fsp3) is 0.471. The van der Waals surface area contributed by atoms with Gasteiger partial charge in [-0.05, 0) is 36.6 Å². The van der Waals surface area contributed by atoms with Gasteiger partial charge in [0.1, 0.15) is 0 Å². The molecule has 10 heteroatoms. The third-order valence-electron chi connectivity index (χ3n) is 3.62. The van der Waals surface area contributed by atoms with Crippen molar-refractivity contribution >= 4 is 24.0 Å². The number of hydrogen-bond donors (Lipinski definition) is 2. The molecule has 0 atom stereocenters. The zero-order chi connectivity index (χ0) is 19.2. The average Bonchev–Trinajstić information content (AvgIpc) is 3.01. The highest BCUT2D eigenvalue weighted by Crippen LogP contribution is 2.32. The third-order valence-corrected chi connectivity index (χ3v) is 3.62. The number of amides is 1. The molecule has 3 N–H and O–H groups in total. The van der Waals surface area contributed by atoms with Gasteiger partial charge in [-0.3, -0.25) is 4.79 Å². The van der Waals surface area contributed by atoms with Gasteiger partial charge in [-0.2, -0.15) is 18.2 Å². The number of carbonyl (C=O) groups is 1. The van der Waals surface area contributed by atoms with Crippen LogP contribution in [0.4, 0.5) is 18.9 Å². The van der Waals surface area contributed by atoms with E-state index >= 15 is 0 Å². The summed E-state index contributed by atoms with van der Waals surface area (Å²) >= 11 is 0. The third kappa shape index (κ3) is 7.18. The molecule has 1 aromatic heterocycles. The number of aryl methyl sites for hydroxylation is 2. The molecule has 0 unspecified atom stereocenters. The summed E-state index contributed by atoms with van der Waals surface area (Å²) in [5.74, 6) is 0.691. The first-order chi connectivity index (χ1) is 12.3. The predicted octanol–water partition coefficient (Wildman–Crippen LogP) is 3.88. The van der Waals surface area contributed by atoms with Gasteiger partial charge in [0, 0.05) is 31.5 Å². The summed E-state index contributed by atoms with van der Waals surface area (Å²) in [6, 6.07) is 3.30. The second kappa shape index (κ2) is 10.3. The standard InChI is InChI=1S/C17H21F3N4O2.ClH/c1-2-4-14-23-16(26-24-14)6-3-5-15(25)22-13-8-11(10-21)7-12(9-13)17(18,19)20;/h7-9H,2-6,10,21H2,1H3,(H,22,25);1H. The second-order valence-corrected chi connectivity index (χ2v) is 5.88. The zero-order valence-electron chi connectivity index (χ0n) is 14.8. The van der Waals surface area contributed by atoms with Crippen LogP contribution in [-0.4, -0.2) is 16.0 Å². The molecule has 2 aromatic rings. The molecule has 0 radical (unpaired) electrons. The Kier molecular flexibility index (Phi) is 8.71. The van der Waals surface area contributed by atoms with Crippen molar-refractivity contribution in [2.24, 2.45) is 5.73 Å². The number of nitrogens with two attached hydrogens (primary N) is 1. The number of nitrogens with one attached hydrogen (secondary N) is 1. The van der Waals surface area contributed by atoms with Gasteiger partial charge in [-0.15, -0.1) is 12.4 Å². The van der Waals surface area contributed by atoms with Crippen LogP contribution >= 0.6 is 12.4 Å². The maximum atomic E-state index is 12.9. The second-order valence-electron chi connectivity index (χ2n) is 5.88. The van der Waals surface area contributed by atoms with E-state index in [0.29, 0.717) is 30.1 Å². The maximum Gasteiger partial charge on any atom is 0.416 e. The summed E-state index contributed by atoms with van der Waals surface area (Å²) < 4.78 is 43.7. The molecule has 6 nitrogen and oxygen atoms in total. The molecule has 0 spiro atoms. The van der Waals surface area contributed by atoms with Gasteiger partial charge >= 0.3 is 6.18 Å². The Hall–Kier alpha value is -2.13. The van der Waals surface area contributed by atoms with Crippen LogP contribution in [0.2, 0.25) is 0 Å². The lowest BCUT2D eigenvalue weighted by Gasteiger charge is -2.12. The fourth-order valence-corrected chi connectivity index (χ4v) is 2.39. The normalized spacial score (nSPS) is 11.1. The van der Waals surface area contributed by atoms with Crippen LogP contribution in [0.15, 0.2) is 22.7 Å². The Labute approximate surface area is 161 Å². The number of halogens is 4. The van der Waals surface area contributed by atoms with Gasteiger partial charge in [-0.25, -0.2) is 0 Å². The molecule has 1 heterocycles. The first-order valence-corrected chi connectivity index (χ1v) is 8.34. The van der Waals surface area contributed by atoms with E-state index in [0.717, 1.165) is 25.0 Å². The van der Waals surface area contributed by atoms with Crippen molar-refractivity contribution < 1.29 is 22.5 Å². The highest BCUT2D eigenvalue weighted by Gasteiger charge is 2.31. The molecular weight excluding hydrogens is 385 g/mol. The number of carbonyl (C=O) groups excluding carboxylic acids is 1. The average molecular weight is 407 g/mol. The lowest BCUT2D eigenvalue weighted by molar-refractivity contribution is -0.137. The molecule has 1 aromatic carbocycles. The van der Waals surface area contributed by atoms with Gasteiger partial charge in [0.05, 0.1) is 5.56 Å². The Morgan fingerprint density at radius 3 is 2.63 bits per heavy atom. The monoisotopic (exact) mass is 406 g/mol. The van der Waals surface area contributed by atoms with Crippen LogP contribution in [0.1, 0.15) is 49.0 Å². The number of benzene rings is 1. The van der Waals surface area contributed by atoms with Crippen molar-refractivity contribution in [2.45, 2.75) is 51.7 Å². The lowest BCUT2D eigenvalue weighted by Crippen LogP contribution is -2.14. The van der Waals surface area contributed by atoms with E-state index < -0.39 is 11.7 Å². The van der Waals surface area contributed by atoms with Gasteiger partial charge in [-0.1, -0.05) is 12.1 Å². The van der Waals surface area contributed by atoms with Crippen LogP contribution < -0.4 is 11.1 Å². The number of nitrogens with zero attached hydrogens (tertiary/aromatic N) is 2. The summed E-state index contributed by atoms with van der Waals surface area (Å²) in [5, 5.41) is 6.30. The molecule has 0 aliphatic carbocycles. The van der Waals surface area contributed by atoms with E-state index in [1.807, 2.05) is 6.92 Å². The zero-order valence-corrected chi connectivity index (χ0v) is 15.6. The van der Waals surface area contributed by atoms with Crippen LogP contribution in [0.5, 0.6) is 0 Å². The van der Waals surface area contributed by atoms with Crippen LogP contribution in [0.3, 0.4) is 0 Å². The number of alkyl halides is 3. The van der Waals surface area contributed by atoms with Crippen LogP contribution in [-0.2, 0) is 30.4 Å². The van der Waals surface area contributed by atoms with E-state index in [9.17, 15) is 18.0 Å². The van der Waals surface area contributed by atoms with E-state index in [-0.39, 0.29) is 37.0 Å². The van der Waals surface area contributed by atoms with Crippen molar-refractivity contribution in [3.8, 4) is 0 Å². The molecule has 0 aliphatic rings. The van der Waals surface area contributed by atoms with Crippen LogP contribution in [0.25, 0.3) is 0 Å². The topological polar surface area (TPSA) is 94.0 Å². The summed E-state index contributed by atoms with van der Waals surface area (Å²) in [5.41, 5.74) is 4.96. The molecular formula is C17H22ClF3N4O2. The summed E-state index contributed by atoms with van der Waals surface area (Å²) in [7, 11) is 0. The molecule has 2 rings (SSSR count). The summed E-state index contributed by atoms with van der Waals surface area (Å²) in [6.07, 6.45) is -1.87. The minimum absolute atomic E-state index is 0. The van der Waals surface area contributed by atoms with Gasteiger partial charge in [0.15, 0.2) is 5.82 Å². The Balaban J connectivity index is 0.00000364. The number of anilines is 1. The molecule has 0 fully saturated rings. The fourth-order valence-electron chi connectivity index (χ4n) is 2.39. The van der Waals surface area contributed by atoms with Crippen molar-refractivity contribution in [3.05, 3.63) is 41.0 Å². The quantitative estimate of drug-likeness (QED) is 0.693. The van der Waals surface area contributed by atoms with Crippen molar-refractivity contribution in [3.63, 3.8) is 0 Å². The number of aromatic nitrogens is 2. The Morgan fingerprint density at radius 1 is 1.26 bits per heavy atom. The highest BCUT2D eigenvalue weighted by atomic mass is 35.5. The number of rotatable bonds is 8. The molecule has 0 aliphatic heterocycles. The van der Waals surface area contributed by atoms with Gasteiger partial charge in [0.25, 0.3) is 0 Å². The molecule has 0 saturated heterocycles. The van der Waals surface area contributed by atoms with E-state index in [1.54, 1.807) is 0 Å². The van der Waals surface area contributed by atoms with E-state index in [2.05, 4.69) is 15.5 Å².